The maximum Gasteiger partial charge on any atom is 0.242 e. The summed E-state index contributed by atoms with van der Waals surface area (Å²) in [5.41, 5.74) is 2.71. The molecule has 1 aliphatic carbocycles. The normalized spacial score (nSPS) is 16.9. The van der Waals surface area contributed by atoms with E-state index in [1.54, 1.807) is 0 Å². The first-order valence-corrected chi connectivity index (χ1v) is 7.55. The summed E-state index contributed by atoms with van der Waals surface area (Å²) in [5, 5.41) is 3.46. The van der Waals surface area contributed by atoms with Gasteiger partial charge in [-0.2, -0.15) is 0 Å². The lowest BCUT2D eigenvalue weighted by molar-refractivity contribution is 0.149. The summed E-state index contributed by atoms with van der Waals surface area (Å²) in [6, 6.07) is 0.410. The summed E-state index contributed by atoms with van der Waals surface area (Å²) in [6.07, 6.45) is 5.22. The summed E-state index contributed by atoms with van der Waals surface area (Å²) in [7, 11) is 0. The van der Waals surface area contributed by atoms with Gasteiger partial charge in [0.05, 0.1) is 0 Å². The highest BCUT2D eigenvalue weighted by Crippen LogP contribution is 2.25. The monoisotopic (exact) mass is 283 g/mol. The molecule has 0 amide bonds. The van der Waals surface area contributed by atoms with Crippen LogP contribution in [0.5, 0.6) is 0 Å². The van der Waals surface area contributed by atoms with Crippen molar-refractivity contribution in [2.75, 3.05) is 0 Å². The fraction of sp³-hybridized carbons (Fsp3) is 0.647. The molecular weight excluding hydrogens is 256 g/mol. The average molecular weight is 283 g/mol. The summed E-state index contributed by atoms with van der Waals surface area (Å²) in [6.45, 7) is 10.7. The molecule has 1 atom stereocenters. The van der Waals surface area contributed by atoms with Gasteiger partial charge in [0.15, 0.2) is 0 Å². The second kappa shape index (κ2) is 8.23. The lowest BCUT2D eigenvalue weighted by Gasteiger charge is -2.24. The summed E-state index contributed by atoms with van der Waals surface area (Å²) in [4.78, 5) is 0. The Morgan fingerprint density at radius 2 is 2.10 bits per heavy atom. The van der Waals surface area contributed by atoms with Crippen molar-refractivity contribution in [3.05, 3.63) is 35.6 Å². The van der Waals surface area contributed by atoms with E-state index in [2.05, 4.69) is 32.7 Å². The van der Waals surface area contributed by atoms with Crippen molar-refractivity contribution in [3.8, 4) is 0 Å². The minimum atomic E-state index is -2.28. The molecule has 0 saturated heterocycles. The molecule has 1 N–H and O–H groups in total. The quantitative estimate of drug-likeness (QED) is 0.644. The highest BCUT2D eigenvalue weighted by Gasteiger charge is 2.15. The van der Waals surface area contributed by atoms with Crippen molar-refractivity contribution >= 4 is 0 Å². The topological polar surface area (TPSA) is 12.0 Å². The van der Waals surface area contributed by atoms with Crippen LogP contribution in [0.25, 0.3) is 0 Å². The van der Waals surface area contributed by atoms with Gasteiger partial charge in [0.25, 0.3) is 0 Å². The summed E-state index contributed by atoms with van der Waals surface area (Å²) < 4.78 is 24.9. The molecule has 1 aliphatic rings. The third kappa shape index (κ3) is 5.89. The molecule has 0 aliphatic heterocycles. The molecule has 1 rings (SSSR count). The number of hydrogen-bond donors (Lipinski definition) is 1. The van der Waals surface area contributed by atoms with E-state index >= 15 is 0 Å². The molecule has 20 heavy (non-hydrogen) atoms. The molecule has 1 nitrogen and oxygen atoms in total. The van der Waals surface area contributed by atoms with Gasteiger partial charge in [0.2, 0.25) is 6.43 Å². The number of allylic oxidation sites excluding steroid dienone is 4. The Bertz CT molecular complexity index is 380. The van der Waals surface area contributed by atoms with Gasteiger partial charge >= 0.3 is 0 Å². The van der Waals surface area contributed by atoms with Crippen LogP contribution in [0.3, 0.4) is 0 Å². The maximum absolute atomic E-state index is 12.4. The van der Waals surface area contributed by atoms with E-state index in [0.29, 0.717) is 12.0 Å². The van der Waals surface area contributed by atoms with Crippen molar-refractivity contribution in [2.24, 2.45) is 5.92 Å². The van der Waals surface area contributed by atoms with Crippen molar-refractivity contribution in [1.29, 1.82) is 0 Å². The zero-order valence-corrected chi connectivity index (χ0v) is 12.9. The predicted octanol–water partition coefficient (Wildman–Crippen LogP) is 5.22. The van der Waals surface area contributed by atoms with Crippen molar-refractivity contribution in [3.63, 3.8) is 0 Å². The molecule has 0 aromatic carbocycles. The van der Waals surface area contributed by atoms with Crippen LogP contribution in [-0.2, 0) is 0 Å². The van der Waals surface area contributed by atoms with E-state index in [1.807, 2.05) is 12.2 Å². The SMILES string of the molecule is C=C(NC(CC)CC(C)C)C1=CC(CC(F)F)=CCC1. The van der Waals surface area contributed by atoms with Crippen LogP contribution < -0.4 is 5.32 Å². The van der Waals surface area contributed by atoms with Crippen LogP contribution in [0, 0.1) is 5.92 Å². The molecule has 0 radical (unpaired) electrons. The first-order chi connectivity index (χ1) is 9.42. The Hall–Kier alpha value is -1.12. The third-order valence-corrected chi connectivity index (χ3v) is 3.58. The zero-order valence-electron chi connectivity index (χ0n) is 12.9. The number of alkyl halides is 2. The van der Waals surface area contributed by atoms with Gasteiger partial charge in [-0.05, 0) is 42.7 Å². The molecule has 0 aromatic heterocycles. The van der Waals surface area contributed by atoms with E-state index in [9.17, 15) is 8.78 Å². The lowest BCUT2D eigenvalue weighted by Crippen LogP contribution is -2.29. The molecule has 114 valence electrons. The Morgan fingerprint density at radius 3 is 2.65 bits per heavy atom. The minimum absolute atomic E-state index is 0.153. The van der Waals surface area contributed by atoms with E-state index in [1.165, 1.54) is 0 Å². The highest BCUT2D eigenvalue weighted by molar-refractivity contribution is 5.38. The summed E-state index contributed by atoms with van der Waals surface area (Å²) >= 11 is 0. The van der Waals surface area contributed by atoms with Gasteiger partial charge in [-0.1, -0.05) is 39.5 Å². The number of halogens is 2. The zero-order chi connectivity index (χ0) is 15.1. The van der Waals surface area contributed by atoms with E-state index in [0.717, 1.165) is 42.5 Å². The molecule has 0 saturated carbocycles. The molecule has 0 bridgehead atoms. The molecular formula is C17H27F2N. The number of rotatable bonds is 8. The summed E-state index contributed by atoms with van der Waals surface area (Å²) in [5.74, 6) is 0.634. The van der Waals surface area contributed by atoms with Crippen molar-refractivity contribution < 1.29 is 8.78 Å². The fourth-order valence-corrected chi connectivity index (χ4v) is 2.56. The largest absolute Gasteiger partial charge is 0.383 e. The molecule has 0 spiro atoms. The Morgan fingerprint density at radius 1 is 1.40 bits per heavy atom. The van der Waals surface area contributed by atoms with Gasteiger partial charge in [0, 0.05) is 18.2 Å². The Labute approximate surface area is 121 Å². The Balaban J connectivity index is 2.62. The fourth-order valence-electron chi connectivity index (χ4n) is 2.56. The van der Waals surface area contributed by atoms with Gasteiger partial charge in [0.1, 0.15) is 0 Å². The first-order valence-electron chi connectivity index (χ1n) is 7.55. The van der Waals surface area contributed by atoms with E-state index in [-0.39, 0.29) is 6.42 Å². The molecule has 0 aromatic rings. The standard InChI is InChI=1S/C17H27F2N/c1-5-16(9-12(2)3)20-13(4)15-8-6-7-14(10-15)11-17(18)19/h7,10,12,16-17,20H,4-6,8-9,11H2,1-3H3. The van der Waals surface area contributed by atoms with Gasteiger partial charge < -0.3 is 5.32 Å². The first kappa shape index (κ1) is 16.9. The van der Waals surface area contributed by atoms with Crippen LogP contribution in [0.2, 0.25) is 0 Å². The van der Waals surface area contributed by atoms with Crippen molar-refractivity contribution in [1.82, 2.24) is 5.32 Å². The number of nitrogens with one attached hydrogen (secondary N) is 1. The van der Waals surface area contributed by atoms with Gasteiger partial charge in [-0.3, -0.25) is 0 Å². The second-order valence-corrected chi connectivity index (χ2v) is 5.94. The molecule has 3 heteroatoms. The van der Waals surface area contributed by atoms with Gasteiger partial charge in [-0.15, -0.1) is 0 Å². The third-order valence-electron chi connectivity index (χ3n) is 3.58. The van der Waals surface area contributed by atoms with Crippen LogP contribution in [0.1, 0.15) is 52.9 Å². The van der Waals surface area contributed by atoms with Crippen molar-refractivity contribution in [2.45, 2.75) is 65.3 Å². The van der Waals surface area contributed by atoms with Gasteiger partial charge in [-0.25, -0.2) is 8.78 Å². The number of hydrogen-bond acceptors (Lipinski definition) is 1. The van der Waals surface area contributed by atoms with Crippen LogP contribution >= 0.6 is 0 Å². The maximum atomic E-state index is 12.4. The van der Waals surface area contributed by atoms with Crippen LogP contribution in [0.4, 0.5) is 8.78 Å². The molecule has 0 fully saturated rings. The second-order valence-electron chi connectivity index (χ2n) is 5.94. The van der Waals surface area contributed by atoms with Crippen LogP contribution in [-0.4, -0.2) is 12.5 Å². The average Bonchev–Trinajstić information content (AvgIpc) is 2.36. The minimum Gasteiger partial charge on any atom is -0.383 e. The Kier molecular flexibility index (Phi) is 6.97. The lowest BCUT2D eigenvalue weighted by atomic mass is 9.94. The smallest absolute Gasteiger partial charge is 0.242 e. The van der Waals surface area contributed by atoms with E-state index in [4.69, 9.17) is 0 Å². The van der Waals surface area contributed by atoms with Crippen LogP contribution in [0.15, 0.2) is 35.6 Å². The molecule has 1 unspecified atom stereocenters. The molecule has 0 heterocycles. The predicted molar refractivity (Wildman–Crippen MR) is 81.8 cm³/mol. The van der Waals surface area contributed by atoms with E-state index < -0.39 is 6.43 Å². The highest BCUT2D eigenvalue weighted by atomic mass is 19.3.